The van der Waals surface area contributed by atoms with Crippen molar-refractivity contribution in [3.05, 3.63) is 30.3 Å². The van der Waals surface area contributed by atoms with Crippen LogP contribution in [0.3, 0.4) is 0 Å². The van der Waals surface area contributed by atoms with E-state index in [1.807, 2.05) is 37.3 Å². The predicted octanol–water partition coefficient (Wildman–Crippen LogP) is 2.75. The predicted molar refractivity (Wildman–Crippen MR) is 74.5 cm³/mol. The minimum absolute atomic E-state index is 0.0482. The lowest BCUT2D eigenvalue weighted by molar-refractivity contribution is -0.121. The van der Waals surface area contributed by atoms with E-state index in [4.69, 9.17) is 0 Å². The molecule has 0 bridgehead atoms. The van der Waals surface area contributed by atoms with Crippen molar-refractivity contribution in [1.29, 1.82) is 0 Å². The zero-order valence-corrected chi connectivity index (χ0v) is 11.2. The van der Waals surface area contributed by atoms with Crippen molar-refractivity contribution in [3.63, 3.8) is 0 Å². The van der Waals surface area contributed by atoms with Crippen molar-refractivity contribution >= 4 is 11.6 Å². The SMILES string of the molecule is C[C@H]1CCCN([C@H](C)C(=O)Nc2ccccc2)C1. The fourth-order valence-corrected chi connectivity index (χ4v) is 2.51. The first-order valence-corrected chi connectivity index (χ1v) is 6.77. The van der Waals surface area contributed by atoms with Crippen molar-refractivity contribution in [2.45, 2.75) is 32.7 Å². The van der Waals surface area contributed by atoms with Crippen LogP contribution in [0.25, 0.3) is 0 Å². The van der Waals surface area contributed by atoms with Crippen LogP contribution in [-0.2, 0) is 4.79 Å². The van der Waals surface area contributed by atoms with Crippen LogP contribution >= 0.6 is 0 Å². The summed E-state index contributed by atoms with van der Waals surface area (Å²) in [6, 6.07) is 9.61. The van der Waals surface area contributed by atoms with E-state index in [2.05, 4.69) is 17.1 Å². The first-order valence-electron chi connectivity index (χ1n) is 6.77. The van der Waals surface area contributed by atoms with Gasteiger partial charge in [-0.2, -0.15) is 0 Å². The van der Waals surface area contributed by atoms with Gasteiger partial charge in [-0.1, -0.05) is 25.1 Å². The molecule has 0 unspecified atom stereocenters. The van der Waals surface area contributed by atoms with Gasteiger partial charge in [-0.15, -0.1) is 0 Å². The summed E-state index contributed by atoms with van der Waals surface area (Å²) in [5.41, 5.74) is 0.874. The lowest BCUT2D eigenvalue weighted by Crippen LogP contribution is -2.46. The molecular formula is C15H22N2O. The van der Waals surface area contributed by atoms with Crippen LogP contribution < -0.4 is 5.32 Å². The summed E-state index contributed by atoms with van der Waals surface area (Å²) < 4.78 is 0. The van der Waals surface area contributed by atoms with Crippen LogP contribution in [0.1, 0.15) is 26.7 Å². The number of nitrogens with zero attached hydrogens (tertiary/aromatic N) is 1. The molecule has 3 heteroatoms. The Kier molecular flexibility index (Phi) is 4.37. The maximum Gasteiger partial charge on any atom is 0.241 e. The molecule has 1 saturated heterocycles. The molecule has 1 heterocycles. The molecule has 18 heavy (non-hydrogen) atoms. The molecule has 1 N–H and O–H groups in total. The number of hydrogen-bond donors (Lipinski definition) is 1. The molecule has 1 aliphatic heterocycles. The summed E-state index contributed by atoms with van der Waals surface area (Å²) in [7, 11) is 0. The van der Waals surface area contributed by atoms with Crippen LogP contribution in [-0.4, -0.2) is 29.9 Å². The molecule has 0 aromatic heterocycles. The Hall–Kier alpha value is -1.35. The Balaban J connectivity index is 1.92. The number of benzene rings is 1. The number of hydrogen-bond acceptors (Lipinski definition) is 2. The van der Waals surface area contributed by atoms with Gasteiger partial charge in [0.15, 0.2) is 0 Å². The molecule has 3 nitrogen and oxygen atoms in total. The lowest BCUT2D eigenvalue weighted by atomic mass is 9.99. The number of rotatable bonds is 3. The number of piperidine rings is 1. The molecule has 0 aliphatic carbocycles. The van der Waals surface area contributed by atoms with Gasteiger partial charge in [0.05, 0.1) is 6.04 Å². The second kappa shape index (κ2) is 6.01. The fraction of sp³-hybridized carbons (Fsp3) is 0.533. The highest BCUT2D eigenvalue weighted by molar-refractivity contribution is 5.94. The van der Waals surface area contributed by atoms with Gasteiger partial charge in [0.2, 0.25) is 5.91 Å². The van der Waals surface area contributed by atoms with E-state index in [0.29, 0.717) is 5.92 Å². The normalized spacial score (nSPS) is 22.4. The number of nitrogens with one attached hydrogen (secondary N) is 1. The van der Waals surface area contributed by atoms with Gasteiger partial charge >= 0.3 is 0 Å². The van der Waals surface area contributed by atoms with Gasteiger partial charge in [0, 0.05) is 12.2 Å². The molecule has 98 valence electrons. The van der Waals surface area contributed by atoms with E-state index in [1.165, 1.54) is 12.8 Å². The second-order valence-corrected chi connectivity index (χ2v) is 5.27. The molecule has 1 aromatic rings. The average Bonchev–Trinajstić information content (AvgIpc) is 2.39. The molecule has 2 rings (SSSR count). The number of carbonyl (C=O) groups excluding carboxylic acids is 1. The first kappa shape index (κ1) is 13.1. The molecule has 1 amide bonds. The van der Waals surface area contributed by atoms with Crippen LogP contribution in [0.15, 0.2) is 30.3 Å². The van der Waals surface area contributed by atoms with E-state index in [-0.39, 0.29) is 11.9 Å². The Labute approximate surface area is 109 Å². The summed E-state index contributed by atoms with van der Waals surface area (Å²) in [6.45, 7) is 6.32. The fourth-order valence-electron chi connectivity index (χ4n) is 2.51. The third-order valence-corrected chi connectivity index (χ3v) is 3.66. The van der Waals surface area contributed by atoms with Crippen molar-refractivity contribution in [3.8, 4) is 0 Å². The number of anilines is 1. The van der Waals surface area contributed by atoms with Gasteiger partial charge in [-0.25, -0.2) is 0 Å². The van der Waals surface area contributed by atoms with Crippen LogP contribution in [0.4, 0.5) is 5.69 Å². The molecule has 1 aromatic carbocycles. The molecule has 0 spiro atoms. The Morgan fingerprint density at radius 3 is 2.78 bits per heavy atom. The summed E-state index contributed by atoms with van der Waals surface area (Å²) >= 11 is 0. The van der Waals surface area contributed by atoms with E-state index >= 15 is 0 Å². The average molecular weight is 246 g/mol. The van der Waals surface area contributed by atoms with E-state index in [0.717, 1.165) is 18.8 Å². The highest BCUT2D eigenvalue weighted by Crippen LogP contribution is 2.18. The molecule has 1 aliphatic rings. The monoisotopic (exact) mass is 246 g/mol. The van der Waals surface area contributed by atoms with E-state index in [1.54, 1.807) is 0 Å². The highest BCUT2D eigenvalue weighted by Gasteiger charge is 2.25. The van der Waals surface area contributed by atoms with Crippen molar-refractivity contribution in [2.24, 2.45) is 5.92 Å². The van der Waals surface area contributed by atoms with E-state index < -0.39 is 0 Å². The minimum atomic E-state index is -0.0482. The zero-order valence-electron chi connectivity index (χ0n) is 11.2. The third kappa shape index (κ3) is 3.33. The summed E-state index contributed by atoms with van der Waals surface area (Å²) in [5.74, 6) is 0.793. The Bertz CT molecular complexity index is 391. The van der Waals surface area contributed by atoms with E-state index in [9.17, 15) is 4.79 Å². The smallest absolute Gasteiger partial charge is 0.241 e. The van der Waals surface area contributed by atoms with Crippen molar-refractivity contribution in [2.75, 3.05) is 18.4 Å². The van der Waals surface area contributed by atoms with Crippen LogP contribution in [0.5, 0.6) is 0 Å². The number of carbonyl (C=O) groups is 1. The number of para-hydroxylation sites is 1. The molecule has 2 atom stereocenters. The van der Waals surface area contributed by atoms with Gasteiger partial charge in [0.25, 0.3) is 0 Å². The van der Waals surface area contributed by atoms with Crippen molar-refractivity contribution in [1.82, 2.24) is 4.90 Å². The van der Waals surface area contributed by atoms with Gasteiger partial charge < -0.3 is 5.32 Å². The molecule has 0 saturated carbocycles. The van der Waals surface area contributed by atoms with Gasteiger partial charge in [0.1, 0.15) is 0 Å². The third-order valence-electron chi connectivity index (χ3n) is 3.66. The second-order valence-electron chi connectivity index (χ2n) is 5.27. The zero-order chi connectivity index (χ0) is 13.0. The maximum absolute atomic E-state index is 12.2. The van der Waals surface area contributed by atoms with Gasteiger partial charge in [-0.05, 0) is 44.4 Å². The lowest BCUT2D eigenvalue weighted by Gasteiger charge is -2.34. The minimum Gasteiger partial charge on any atom is -0.325 e. The maximum atomic E-state index is 12.2. The van der Waals surface area contributed by atoms with Gasteiger partial charge in [-0.3, -0.25) is 9.69 Å². The Morgan fingerprint density at radius 2 is 2.11 bits per heavy atom. The molecule has 0 radical (unpaired) electrons. The highest BCUT2D eigenvalue weighted by atomic mass is 16.2. The van der Waals surface area contributed by atoms with Crippen molar-refractivity contribution < 1.29 is 4.79 Å². The topological polar surface area (TPSA) is 32.3 Å². The summed E-state index contributed by atoms with van der Waals surface area (Å²) in [6.07, 6.45) is 2.48. The standard InChI is InChI=1S/C15H22N2O/c1-12-7-6-10-17(11-12)13(2)15(18)16-14-8-4-3-5-9-14/h3-5,8-9,12-13H,6-7,10-11H2,1-2H3,(H,16,18)/t12-,13+/m0/s1. The molecule has 1 fully saturated rings. The quantitative estimate of drug-likeness (QED) is 0.889. The van der Waals surface area contributed by atoms with Crippen LogP contribution in [0, 0.1) is 5.92 Å². The Morgan fingerprint density at radius 1 is 1.39 bits per heavy atom. The summed E-state index contributed by atoms with van der Waals surface area (Å²) in [5, 5.41) is 2.97. The number of likely N-dealkylation sites (tertiary alicyclic amines) is 1. The first-order chi connectivity index (χ1) is 8.66. The number of amides is 1. The largest absolute Gasteiger partial charge is 0.325 e. The van der Waals surface area contributed by atoms with Crippen LogP contribution in [0.2, 0.25) is 0 Å². The molecular weight excluding hydrogens is 224 g/mol. The summed E-state index contributed by atoms with van der Waals surface area (Å²) in [4.78, 5) is 14.4.